The molecule has 0 aromatic rings. The summed E-state index contributed by atoms with van der Waals surface area (Å²) in [5, 5.41) is 0. The molecule has 0 amide bonds. The van der Waals surface area contributed by atoms with Crippen LogP contribution >= 0.6 is 9.47 Å². The monoisotopic (exact) mass is 204 g/mol. The van der Waals surface area contributed by atoms with Gasteiger partial charge >= 0.3 is 5.97 Å². The Balaban J connectivity index is 4.41. The third-order valence-corrected chi connectivity index (χ3v) is 2.75. The van der Waals surface area contributed by atoms with E-state index in [1.54, 1.807) is 0 Å². The van der Waals surface area contributed by atoms with Crippen LogP contribution in [0.25, 0.3) is 0 Å². The van der Waals surface area contributed by atoms with Gasteiger partial charge in [-0.25, -0.2) is 0 Å². The quantitative estimate of drug-likeness (QED) is 0.657. The molecule has 0 spiro atoms. The van der Waals surface area contributed by atoms with Crippen molar-refractivity contribution in [2.24, 2.45) is 10.8 Å². The minimum Gasteiger partial charge on any atom is -0.451 e. The van der Waals surface area contributed by atoms with Gasteiger partial charge in [0.05, 0.1) is 14.9 Å². The maximum Gasteiger partial charge on any atom is 0.313 e. The van der Waals surface area contributed by atoms with E-state index in [1.165, 1.54) is 0 Å². The highest BCUT2D eigenvalue weighted by Gasteiger charge is 2.34. The fourth-order valence-electron chi connectivity index (χ4n) is 1.55. The van der Waals surface area contributed by atoms with E-state index < -0.39 is 0 Å². The molecule has 2 nitrogen and oxygen atoms in total. The molecule has 0 N–H and O–H groups in total. The summed E-state index contributed by atoms with van der Waals surface area (Å²) in [4.78, 5) is 11.4. The molecular weight excluding hydrogens is 183 g/mol. The minimum absolute atomic E-state index is 0.154. The van der Waals surface area contributed by atoms with Gasteiger partial charge in [0.1, 0.15) is 0 Å². The Kier molecular flexibility index (Phi) is 4.38. The SMILES string of the molecule is CCC(C)(C)CC(C)(C)C(=O)OP. The summed E-state index contributed by atoms with van der Waals surface area (Å²) >= 11 is 0. The molecule has 1 atom stereocenters. The van der Waals surface area contributed by atoms with Gasteiger partial charge in [-0.05, 0) is 25.7 Å². The summed E-state index contributed by atoms with van der Waals surface area (Å²) < 4.78 is 4.68. The molecule has 0 aromatic carbocycles. The molecule has 1 unspecified atom stereocenters. The van der Waals surface area contributed by atoms with E-state index in [0.717, 1.165) is 12.8 Å². The molecule has 13 heavy (non-hydrogen) atoms. The summed E-state index contributed by atoms with van der Waals surface area (Å²) in [5.41, 5.74) is -0.191. The Labute approximate surface area is 83.7 Å². The van der Waals surface area contributed by atoms with E-state index in [4.69, 9.17) is 0 Å². The summed E-state index contributed by atoms with van der Waals surface area (Å²) in [6.07, 6.45) is 1.92. The molecule has 0 rings (SSSR count). The molecule has 0 saturated carbocycles. The lowest BCUT2D eigenvalue weighted by Crippen LogP contribution is -2.30. The van der Waals surface area contributed by atoms with Crippen molar-refractivity contribution in [2.45, 2.75) is 47.5 Å². The normalized spacial score (nSPS) is 12.8. The first-order chi connectivity index (χ1) is 5.75. The molecule has 0 heterocycles. The lowest BCUT2D eigenvalue weighted by molar-refractivity contribution is -0.144. The standard InChI is InChI=1S/C10H21O2P/c1-6-9(2,3)7-10(4,5)8(11)12-13/h6-7,13H2,1-5H3. The molecule has 0 aliphatic carbocycles. The van der Waals surface area contributed by atoms with Crippen molar-refractivity contribution in [3.63, 3.8) is 0 Å². The highest BCUT2D eigenvalue weighted by atomic mass is 31.0. The predicted molar refractivity (Wildman–Crippen MR) is 58.3 cm³/mol. The molecule has 0 saturated heterocycles. The lowest BCUT2D eigenvalue weighted by atomic mass is 9.74. The Morgan fingerprint density at radius 2 is 1.77 bits per heavy atom. The van der Waals surface area contributed by atoms with Crippen LogP contribution in [0.1, 0.15) is 47.5 Å². The molecule has 0 fully saturated rings. The van der Waals surface area contributed by atoms with Crippen LogP contribution < -0.4 is 0 Å². The third kappa shape index (κ3) is 4.08. The van der Waals surface area contributed by atoms with Gasteiger partial charge in [0, 0.05) is 0 Å². The zero-order chi connectivity index (χ0) is 10.7. The van der Waals surface area contributed by atoms with Gasteiger partial charge in [-0.15, -0.1) is 0 Å². The van der Waals surface area contributed by atoms with Crippen molar-refractivity contribution >= 4 is 15.4 Å². The molecule has 0 radical (unpaired) electrons. The Morgan fingerprint density at radius 1 is 1.31 bits per heavy atom. The first kappa shape index (κ1) is 12.9. The van der Waals surface area contributed by atoms with Gasteiger partial charge in [-0.3, -0.25) is 4.79 Å². The predicted octanol–water partition coefficient (Wildman–Crippen LogP) is 3.17. The maximum absolute atomic E-state index is 11.4. The van der Waals surface area contributed by atoms with E-state index >= 15 is 0 Å². The van der Waals surface area contributed by atoms with Crippen LogP contribution in [0.4, 0.5) is 0 Å². The van der Waals surface area contributed by atoms with Crippen LogP contribution in [0.2, 0.25) is 0 Å². The van der Waals surface area contributed by atoms with Gasteiger partial charge in [0.2, 0.25) is 0 Å². The Bertz CT molecular complexity index is 185. The smallest absolute Gasteiger partial charge is 0.313 e. The van der Waals surface area contributed by atoms with E-state index in [9.17, 15) is 4.79 Å². The third-order valence-electron chi connectivity index (χ3n) is 2.54. The number of rotatable bonds is 4. The zero-order valence-corrected chi connectivity index (χ0v) is 10.5. The minimum atomic E-state index is -0.388. The fraction of sp³-hybridized carbons (Fsp3) is 0.900. The molecular formula is C10H21O2P. The zero-order valence-electron chi connectivity index (χ0n) is 9.31. The first-order valence-corrected chi connectivity index (χ1v) is 5.13. The van der Waals surface area contributed by atoms with Crippen LogP contribution in [0.5, 0.6) is 0 Å². The first-order valence-electron chi connectivity index (χ1n) is 4.66. The van der Waals surface area contributed by atoms with Gasteiger partial charge in [0.25, 0.3) is 0 Å². The summed E-state index contributed by atoms with van der Waals surface area (Å²) in [5.74, 6) is -0.154. The number of carbonyl (C=O) groups is 1. The molecule has 0 bridgehead atoms. The van der Waals surface area contributed by atoms with Crippen molar-refractivity contribution in [1.82, 2.24) is 0 Å². The second-order valence-corrected chi connectivity index (χ2v) is 5.22. The van der Waals surface area contributed by atoms with Crippen LogP contribution in [0.15, 0.2) is 0 Å². The summed E-state index contributed by atoms with van der Waals surface area (Å²) in [6, 6.07) is 0. The Morgan fingerprint density at radius 3 is 2.08 bits per heavy atom. The van der Waals surface area contributed by atoms with E-state index in [2.05, 4.69) is 25.3 Å². The summed E-state index contributed by atoms with van der Waals surface area (Å²) in [6.45, 7) is 10.3. The molecule has 78 valence electrons. The van der Waals surface area contributed by atoms with Crippen LogP contribution in [-0.4, -0.2) is 5.97 Å². The van der Waals surface area contributed by atoms with E-state index in [0.29, 0.717) is 0 Å². The van der Waals surface area contributed by atoms with Crippen LogP contribution in [0.3, 0.4) is 0 Å². The number of hydrogen-bond donors (Lipinski definition) is 0. The van der Waals surface area contributed by atoms with Crippen molar-refractivity contribution in [1.29, 1.82) is 0 Å². The summed E-state index contributed by atoms with van der Waals surface area (Å²) in [7, 11) is 2.02. The molecule has 0 aromatic heterocycles. The number of hydrogen-bond acceptors (Lipinski definition) is 2. The molecule has 3 heteroatoms. The average molecular weight is 204 g/mol. The van der Waals surface area contributed by atoms with E-state index in [-0.39, 0.29) is 16.8 Å². The van der Waals surface area contributed by atoms with Crippen molar-refractivity contribution in [3.05, 3.63) is 0 Å². The molecule has 0 aliphatic heterocycles. The van der Waals surface area contributed by atoms with Crippen molar-refractivity contribution in [2.75, 3.05) is 0 Å². The van der Waals surface area contributed by atoms with Gasteiger partial charge in [0.15, 0.2) is 0 Å². The van der Waals surface area contributed by atoms with Crippen molar-refractivity contribution < 1.29 is 9.32 Å². The highest BCUT2D eigenvalue weighted by molar-refractivity contribution is 7.10. The van der Waals surface area contributed by atoms with Gasteiger partial charge in [-0.2, -0.15) is 0 Å². The Hall–Kier alpha value is -0.100. The van der Waals surface area contributed by atoms with Crippen LogP contribution in [0, 0.1) is 10.8 Å². The second kappa shape index (κ2) is 4.41. The maximum atomic E-state index is 11.4. The second-order valence-electron chi connectivity index (χ2n) is 4.98. The number of carbonyl (C=O) groups excluding carboxylic acids is 1. The lowest BCUT2D eigenvalue weighted by Gasteiger charge is -2.31. The van der Waals surface area contributed by atoms with Gasteiger partial charge in [-0.1, -0.05) is 27.2 Å². The van der Waals surface area contributed by atoms with E-state index in [1.807, 2.05) is 23.3 Å². The topological polar surface area (TPSA) is 26.3 Å². The van der Waals surface area contributed by atoms with Crippen molar-refractivity contribution in [3.8, 4) is 0 Å². The van der Waals surface area contributed by atoms with Crippen LogP contribution in [-0.2, 0) is 9.32 Å². The fourth-order valence-corrected chi connectivity index (χ4v) is 1.87. The average Bonchev–Trinajstić information content (AvgIpc) is 2.01. The molecule has 0 aliphatic rings. The largest absolute Gasteiger partial charge is 0.451 e. The highest BCUT2D eigenvalue weighted by Crippen LogP contribution is 2.37. The van der Waals surface area contributed by atoms with Gasteiger partial charge < -0.3 is 4.52 Å².